The van der Waals surface area contributed by atoms with E-state index in [4.69, 9.17) is 16.3 Å². The highest BCUT2D eigenvalue weighted by Crippen LogP contribution is 2.29. The summed E-state index contributed by atoms with van der Waals surface area (Å²) in [5.74, 6) is 0.535. The molecule has 8 heteroatoms. The Bertz CT molecular complexity index is 1010. The number of ether oxygens (including phenoxy) is 1. The maximum atomic E-state index is 13.0. The van der Waals surface area contributed by atoms with Gasteiger partial charge in [0.15, 0.2) is 0 Å². The number of amides is 1. The highest BCUT2D eigenvalue weighted by molar-refractivity contribution is 6.38. The molecule has 3 aromatic rings. The number of nitrogens with one attached hydrogen (secondary N) is 2. The van der Waals surface area contributed by atoms with E-state index in [0.29, 0.717) is 30.3 Å². The van der Waals surface area contributed by atoms with Crippen molar-refractivity contribution in [3.63, 3.8) is 0 Å². The highest BCUT2D eigenvalue weighted by atomic mass is 35.5. The monoisotopic (exact) mass is 413 g/mol. The third-order valence-corrected chi connectivity index (χ3v) is 5.76. The lowest BCUT2D eigenvalue weighted by Gasteiger charge is -2.34. The van der Waals surface area contributed by atoms with E-state index in [2.05, 4.69) is 25.2 Å². The van der Waals surface area contributed by atoms with Gasteiger partial charge in [0.1, 0.15) is 5.82 Å². The fourth-order valence-corrected chi connectivity index (χ4v) is 4.04. The molecule has 0 radical (unpaired) electrons. The Morgan fingerprint density at radius 2 is 2.03 bits per heavy atom. The molecule has 7 nitrogen and oxygen atoms in total. The number of H-pyrrole nitrogens is 1. The molecule has 1 atom stereocenters. The maximum absolute atomic E-state index is 13.0. The van der Waals surface area contributed by atoms with Crippen LogP contribution < -0.4 is 5.32 Å². The zero-order valence-electron chi connectivity index (χ0n) is 16.5. The van der Waals surface area contributed by atoms with Crippen LogP contribution in [0, 0.1) is 13.8 Å². The Morgan fingerprint density at radius 1 is 1.31 bits per heavy atom. The number of hydrogen-bond donors (Lipinski definition) is 2. The van der Waals surface area contributed by atoms with Crippen molar-refractivity contribution in [2.45, 2.75) is 19.9 Å². The first kappa shape index (κ1) is 19.8. The van der Waals surface area contributed by atoms with Crippen LogP contribution in [0.15, 0.2) is 30.7 Å². The van der Waals surface area contributed by atoms with Gasteiger partial charge in [-0.3, -0.25) is 9.69 Å². The van der Waals surface area contributed by atoms with Crippen molar-refractivity contribution in [3.8, 4) is 0 Å². The number of halogens is 1. The smallest absolute Gasteiger partial charge is 0.252 e. The number of nitrogens with zero attached hydrogens (tertiary/aromatic N) is 3. The van der Waals surface area contributed by atoms with Crippen molar-refractivity contribution in [2.24, 2.45) is 0 Å². The van der Waals surface area contributed by atoms with Crippen LogP contribution in [0.5, 0.6) is 0 Å². The Hall–Kier alpha value is -2.48. The summed E-state index contributed by atoms with van der Waals surface area (Å²) >= 11 is 6.52. The first-order valence-electron chi connectivity index (χ1n) is 9.69. The molecule has 3 heterocycles. The first-order valence-corrected chi connectivity index (χ1v) is 10.1. The third-order valence-electron chi connectivity index (χ3n) is 5.35. The number of carbonyl (C=O) groups is 1. The number of rotatable bonds is 5. The van der Waals surface area contributed by atoms with Gasteiger partial charge in [0, 0.05) is 54.7 Å². The van der Waals surface area contributed by atoms with E-state index in [1.54, 1.807) is 0 Å². The molecule has 1 aliphatic rings. The fourth-order valence-electron chi connectivity index (χ4n) is 3.75. The molecular weight excluding hydrogens is 390 g/mol. The average Bonchev–Trinajstić information content (AvgIpc) is 3.24. The summed E-state index contributed by atoms with van der Waals surface area (Å²) in [5, 5.41) is 4.38. The van der Waals surface area contributed by atoms with Crippen LogP contribution in [0.3, 0.4) is 0 Å². The van der Waals surface area contributed by atoms with Crippen molar-refractivity contribution < 1.29 is 9.53 Å². The van der Waals surface area contributed by atoms with Gasteiger partial charge in [-0.1, -0.05) is 11.6 Å². The summed E-state index contributed by atoms with van der Waals surface area (Å²) in [4.78, 5) is 27.1. The largest absolute Gasteiger partial charge is 0.379 e. The van der Waals surface area contributed by atoms with Gasteiger partial charge in [-0.05, 0) is 31.5 Å². The van der Waals surface area contributed by atoms with Crippen molar-refractivity contribution in [3.05, 3.63) is 58.3 Å². The van der Waals surface area contributed by atoms with Gasteiger partial charge in [-0.25, -0.2) is 9.97 Å². The van der Waals surface area contributed by atoms with Crippen LogP contribution in [0.4, 0.5) is 0 Å². The van der Waals surface area contributed by atoms with Crippen molar-refractivity contribution in [2.75, 3.05) is 32.8 Å². The Balaban J connectivity index is 1.56. The van der Waals surface area contributed by atoms with Crippen LogP contribution in [-0.2, 0) is 4.74 Å². The molecule has 0 aliphatic carbocycles. The van der Waals surface area contributed by atoms with Gasteiger partial charge in [-0.2, -0.15) is 0 Å². The molecule has 0 bridgehead atoms. The van der Waals surface area contributed by atoms with E-state index >= 15 is 0 Å². The van der Waals surface area contributed by atoms with E-state index < -0.39 is 0 Å². The molecular formula is C21H24ClN5O2. The molecule has 1 aromatic carbocycles. The topological polar surface area (TPSA) is 83.1 Å². The summed E-state index contributed by atoms with van der Waals surface area (Å²) in [6.45, 7) is 7.20. The lowest BCUT2D eigenvalue weighted by Crippen LogP contribution is -2.44. The van der Waals surface area contributed by atoms with Gasteiger partial charge in [0.25, 0.3) is 5.91 Å². The lowest BCUT2D eigenvalue weighted by molar-refractivity contribution is 0.0161. The lowest BCUT2D eigenvalue weighted by atomic mass is 10.1. The standard InChI is InChI=1S/C21H24ClN5O2/c1-13-9-17(19(22)16-3-4-23-20(13)16)21(28)26-12-18(27-5-7-29-8-6-27)15-10-24-14(2)25-11-15/h3-4,9-11,18,23H,5-8,12H2,1-2H3,(H,26,28)/t18-/m0/s1. The predicted molar refractivity (Wildman–Crippen MR) is 112 cm³/mol. The quantitative estimate of drug-likeness (QED) is 0.671. The van der Waals surface area contributed by atoms with Gasteiger partial charge in [0.2, 0.25) is 0 Å². The molecule has 0 saturated carbocycles. The zero-order chi connectivity index (χ0) is 20.4. The van der Waals surface area contributed by atoms with E-state index in [1.807, 2.05) is 44.6 Å². The number of aromatic amines is 1. The minimum atomic E-state index is -0.188. The van der Waals surface area contributed by atoms with E-state index in [0.717, 1.165) is 40.9 Å². The van der Waals surface area contributed by atoms with Crippen LogP contribution in [0.25, 0.3) is 10.9 Å². The summed E-state index contributed by atoms with van der Waals surface area (Å²) in [6.07, 6.45) is 5.49. The van der Waals surface area contributed by atoms with Crippen LogP contribution in [0.2, 0.25) is 5.02 Å². The molecule has 2 N–H and O–H groups in total. The SMILES string of the molecule is Cc1ncc([C@H](CNC(=O)c2cc(C)c3[nH]ccc3c2Cl)N2CCOCC2)cn1. The normalized spacial score (nSPS) is 16.1. The minimum Gasteiger partial charge on any atom is -0.379 e. The Kier molecular flexibility index (Phi) is 5.80. The summed E-state index contributed by atoms with van der Waals surface area (Å²) in [7, 11) is 0. The number of benzene rings is 1. The van der Waals surface area contributed by atoms with Crippen LogP contribution >= 0.6 is 11.6 Å². The van der Waals surface area contributed by atoms with E-state index in [1.165, 1.54) is 0 Å². The Morgan fingerprint density at radius 3 is 2.76 bits per heavy atom. The number of carbonyl (C=O) groups excluding carboxylic acids is 1. The highest BCUT2D eigenvalue weighted by Gasteiger charge is 2.25. The summed E-state index contributed by atoms with van der Waals surface area (Å²) < 4.78 is 5.48. The maximum Gasteiger partial charge on any atom is 0.252 e. The summed E-state index contributed by atoms with van der Waals surface area (Å²) in [5.41, 5.74) is 3.39. The molecule has 2 aromatic heterocycles. The molecule has 1 fully saturated rings. The number of hydrogen-bond acceptors (Lipinski definition) is 5. The number of aromatic nitrogens is 3. The number of morpholine rings is 1. The third kappa shape index (κ3) is 4.12. The van der Waals surface area contributed by atoms with Crippen LogP contribution in [0.1, 0.15) is 33.4 Å². The zero-order valence-corrected chi connectivity index (χ0v) is 17.3. The predicted octanol–water partition coefficient (Wildman–Crippen LogP) is 3.03. The molecule has 29 heavy (non-hydrogen) atoms. The number of fused-ring (bicyclic) bond motifs is 1. The van der Waals surface area contributed by atoms with Crippen molar-refractivity contribution >= 4 is 28.4 Å². The van der Waals surface area contributed by atoms with Crippen molar-refractivity contribution in [1.82, 2.24) is 25.2 Å². The van der Waals surface area contributed by atoms with Gasteiger partial charge in [0.05, 0.1) is 29.8 Å². The first-order chi connectivity index (χ1) is 14.0. The number of aryl methyl sites for hydroxylation is 2. The molecule has 4 rings (SSSR count). The second-order valence-electron chi connectivity index (χ2n) is 7.26. The molecule has 152 valence electrons. The summed E-state index contributed by atoms with van der Waals surface area (Å²) in [6, 6.07) is 3.69. The van der Waals surface area contributed by atoms with E-state index in [9.17, 15) is 4.79 Å². The average molecular weight is 414 g/mol. The molecule has 0 unspecified atom stereocenters. The molecule has 0 spiro atoms. The van der Waals surface area contributed by atoms with E-state index in [-0.39, 0.29) is 11.9 Å². The molecule has 1 saturated heterocycles. The second-order valence-corrected chi connectivity index (χ2v) is 7.64. The van der Waals surface area contributed by atoms with Gasteiger partial charge in [-0.15, -0.1) is 0 Å². The Labute approximate surface area is 174 Å². The van der Waals surface area contributed by atoms with Crippen LogP contribution in [-0.4, -0.2) is 58.6 Å². The second kappa shape index (κ2) is 8.49. The fraction of sp³-hybridized carbons (Fsp3) is 0.381. The molecule has 1 amide bonds. The van der Waals surface area contributed by atoms with Crippen molar-refractivity contribution in [1.29, 1.82) is 0 Å². The minimum absolute atomic E-state index is 0.0284. The molecule has 1 aliphatic heterocycles. The van der Waals surface area contributed by atoms with Gasteiger partial charge >= 0.3 is 0 Å². The van der Waals surface area contributed by atoms with Gasteiger partial charge < -0.3 is 15.0 Å².